The number of methoxy groups -OCH3 is 1. The van der Waals surface area contributed by atoms with Crippen molar-refractivity contribution in [1.82, 2.24) is 4.90 Å². The van der Waals surface area contributed by atoms with E-state index in [1.54, 1.807) is 18.2 Å². The van der Waals surface area contributed by atoms with Crippen LogP contribution in [0.1, 0.15) is 29.6 Å². The van der Waals surface area contributed by atoms with E-state index in [0.717, 1.165) is 12.8 Å². The first-order valence-electron chi connectivity index (χ1n) is 7.63. The first-order chi connectivity index (χ1) is 11.5. The topological polar surface area (TPSA) is 76.8 Å². The van der Waals surface area contributed by atoms with Gasteiger partial charge in [0.25, 0.3) is 5.91 Å². The lowest BCUT2D eigenvalue weighted by atomic mass is 10.0. The second kappa shape index (κ2) is 6.65. The quantitative estimate of drug-likeness (QED) is 0.615. The molecular weight excluding hydrogens is 334 g/mol. The van der Waals surface area contributed by atoms with Gasteiger partial charge in [0, 0.05) is 17.0 Å². The van der Waals surface area contributed by atoms with E-state index in [4.69, 9.17) is 20.8 Å². The summed E-state index contributed by atoms with van der Waals surface area (Å²) in [5, 5.41) is 1.03. The zero-order valence-electron chi connectivity index (χ0n) is 13.1. The van der Waals surface area contributed by atoms with Gasteiger partial charge in [0.15, 0.2) is 0 Å². The highest BCUT2D eigenvalue weighted by Crippen LogP contribution is 2.23. The summed E-state index contributed by atoms with van der Waals surface area (Å²) in [4.78, 5) is 38.3. The number of hydrogen-bond acceptors (Lipinski definition) is 5. The number of fused-ring (bicyclic) bond motifs is 1. The van der Waals surface area contributed by atoms with Crippen molar-refractivity contribution in [2.45, 2.75) is 25.3 Å². The molecular formula is C17H16ClNO5. The van der Waals surface area contributed by atoms with Gasteiger partial charge in [-0.15, -0.1) is 0 Å². The molecule has 0 aliphatic carbocycles. The molecule has 126 valence electrons. The molecule has 1 fully saturated rings. The Hall–Kier alpha value is -2.34. The fraction of sp³-hybridized carbons (Fsp3) is 0.353. The maximum atomic E-state index is 12.8. The Bertz CT molecular complexity index is 860. The number of halogens is 1. The number of nitrogens with zero attached hydrogens (tertiary/aromatic N) is 1. The van der Waals surface area contributed by atoms with Crippen LogP contribution in [0.25, 0.3) is 11.0 Å². The van der Waals surface area contributed by atoms with Gasteiger partial charge in [-0.2, -0.15) is 0 Å². The number of piperidine rings is 1. The average molecular weight is 350 g/mol. The van der Waals surface area contributed by atoms with Crippen molar-refractivity contribution in [3.8, 4) is 0 Å². The number of ether oxygens (including phenoxy) is 1. The summed E-state index contributed by atoms with van der Waals surface area (Å²) < 4.78 is 9.97. The predicted octanol–water partition coefficient (Wildman–Crippen LogP) is 2.61. The van der Waals surface area contributed by atoms with E-state index < -0.39 is 23.5 Å². The minimum atomic E-state index is -0.732. The van der Waals surface area contributed by atoms with Crippen LogP contribution < -0.4 is 5.63 Å². The molecule has 2 heterocycles. The Morgan fingerprint density at radius 2 is 2.08 bits per heavy atom. The van der Waals surface area contributed by atoms with Crippen molar-refractivity contribution in [3.05, 3.63) is 45.3 Å². The summed E-state index contributed by atoms with van der Waals surface area (Å²) in [5.74, 6) is -1.00. The van der Waals surface area contributed by atoms with Crippen LogP contribution in [-0.4, -0.2) is 36.5 Å². The summed E-state index contributed by atoms with van der Waals surface area (Å²) in [6.07, 6.45) is 2.11. The van der Waals surface area contributed by atoms with Gasteiger partial charge in [0.05, 0.1) is 7.11 Å². The molecule has 1 amide bonds. The van der Waals surface area contributed by atoms with E-state index >= 15 is 0 Å². The number of likely N-dealkylation sites (tertiary alicyclic amines) is 1. The molecule has 3 rings (SSSR count). The van der Waals surface area contributed by atoms with Crippen LogP contribution >= 0.6 is 11.6 Å². The third-order valence-electron chi connectivity index (χ3n) is 4.16. The van der Waals surface area contributed by atoms with Gasteiger partial charge >= 0.3 is 11.6 Å². The van der Waals surface area contributed by atoms with Crippen LogP contribution in [0.5, 0.6) is 0 Å². The van der Waals surface area contributed by atoms with Crippen LogP contribution in [-0.2, 0) is 9.53 Å². The molecule has 1 aromatic heterocycles. The molecule has 7 heteroatoms. The van der Waals surface area contributed by atoms with Gasteiger partial charge in [0.1, 0.15) is 17.2 Å². The van der Waals surface area contributed by atoms with Crippen molar-refractivity contribution in [3.63, 3.8) is 0 Å². The van der Waals surface area contributed by atoms with Crippen molar-refractivity contribution in [2.75, 3.05) is 13.7 Å². The van der Waals surface area contributed by atoms with Crippen molar-refractivity contribution >= 4 is 34.4 Å². The molecule has 0 spiro atoms. The fourth-order valence-electron chi connectivity index (χ4n) is 2.95. The third-order valence-corrected chi connectivity index (χ3v) is 4.40. The standard InChI is InChI=1S/C17H16ClNO5/c1-23-17(22)13-4-2-3-7-19(13)15(20)12-9-10-8-11(18)5-6-14(10)24-16(12)21/h5-6,8-9,13H,2-4,7H2,1H3. The lowest BCUT2D eigenvalue weighted by Crippen LogP contribution is -2.49. The Balaban J connectivity index is 2.02. The second-order valence-corrected chi connectivity index (χ2v) is 6.10. The Morgan fingerprint density at radius 1 is 1.29 bits per heavy atom. The van der Waals surface area contributed by atoms with Crippen LogP contribution in [0.2, 0.25) is 5.02 Å². The number of amides is 1. The van der Waals surface area contributed by atoms with Gasteiger partial charge in [-0.05, 0) is 43.5 Å². The second-order valence-electron chi connectivity index (χ2n) is 5.66. The molecule has 0 radical (unpaired) electrons. The molecule has 0 N–H and O–H groups in total. The minimum absolute atomic E-state index is 0.111. The highest BCUT2D eigenvalue weighted by atomic mass is 35.5. The van der Waals surface area contributed by atoms with E-state index in [0.29, 0.717) is 29.0 Å². The molecule has 24 heavy (non-hydrogen) atoms. The van der Waals surface area contributed by atoms with Crippen molar-refractivity contribution < 1.29 is 18.7 Å². The molecule has 0 bridgehead atoms. The maximum Gasteiger partial charge on any atom is 0.349 e. The van der Waals surface area contributed by atoms with Gasteiger partial charge in [-0.25, -0.2) is 9.59 Å². The van der Waals surface area contributed by atoms with Crippen molar-refractivity contribution in [1.29, 1.82) is 0 Å². The molecule has 1 aromatic carbocycles. The normalized spacial score (nSPS) is 17.8. The summed E-state index contributed by atoms with van der Waals surface area (Å²) in [7, 11) is 1.28. The number of carbonyl (C=O) groups is 2. The predicted molar refractivity (Wildman–Crippen MR) is 88.2 cm³/mol. The van der Waals surface area contributed by atoms with Gasteiger partial charge in [0.2, 0.25) is 0 Å². The highest BCUT2D eigenvalue weighted by Gasteiger charge is 2.34. The lowest BCUT2D eigenvalue weighted by Gasteiger charge is -2.33. The first-order valence-corrected chi connectivity index (χ1v) is 8.01. The molecule has 0 saturated carbocycles. The van der Waals surface area contributed by atoms with Crippen LogP contribution in [0.4, 0.5) is 0 Å². The molecule has 2 aromatic rings. The minimum Gasteiger partial charge on any atom is -0.467 e. The number of esters is 1. The van der Waals surface area contributed by atoms with E-state index in [2.05, 4.69) is 0 Å². The molecule has 1 atom stereocenters. The fourth-order valence-corrected chi connectivity index (χ4v) is 3.13. The molecule has 1 unspecified atom stereocenters. The third kappa shape index (κ3) is 3.01. The monoisotopic (exact) mass is 349 g/mol. The Labute approximate surface area is 142 Å². The number of hydrogen-bond donors (Lipinski definition) is 0. The van der Waals surface area contributed by atoms with E-state index in [1.165, 1.54) is 18.1 Å². The molecule has 1 saturated heterocycles. The Kier molecular flexibility index (Phi) is 4.57. The summed E-state index contributed by atoms with van der Waals surface area (Å²) >= 11 is 5.95. The van der Waals surface area contributed by atoms with E-state index in [9.17, 15) is 14.4 Å². The number of carbonyl (C=O) groups excluding carboxylic acids is 2. The maximum absolute atomic E-state index is 12.8. The van der Waals surface area contributed by atoms with Gasteiger partial charge in [-0.1, -0.05) is 11.6 Å². The largest absolute Gasteiger partial charge is 0.467 e. The van der Waals surface area contributed by atoms with Gasteiger partial charge < -0.3 is 14.1 Å². The highest BCUT2D eigenvalue weighted by molar-refractivity contribution is 6.31. The van der Waals surface area contributed by atoms with Crippen LogP contribution in [0.15, 0.2) is 33.5 Å². The molecule has 1 aliphatic heterocycles. The summed E-state index contributed by atoms with van der Waals surface area (Å²) in [6.45, 7) is 0.394. The molecule has 1 aliphatic rings. The smallest absolute Gasteiger partial charge is 0.349 e. The SMILES string of the molecule is COC(=O)C1CCCCN1C(=O)c1cc2cc(Cl)ccc2oc1=O. The zero-order valence-corrected chi connectivity index (χ0v) is 13.8. The lowest BCUT2D eigenvalue weighted by molar-refractivity contribution is -0.147. The molecule has 6 nitrogen and oxygen atoms in total. The number of benzene rings is 1. The average Bonchev–Trinajstić information content (AvgIpc) is 2.60. The van der Waals surface area contributed by atoms with E-state index in [-0.39, 0.29) is 5.56 Å². The van der Waals surface area contributed by atoms with Gasteiger partial charge in [-0.3, -0.25) is 4.79 Å². The zero-order chi connectivity index (χ0) is 17.3. The van der Waals surface area contributed by atoms with Crippen LogP contribution in [0.3, 0.4) is 0 Å². The summed E-state index contributed by atoms with van der Waals surface area (Å²) in [6, 6.07) is 5.58. The first kappa shape index (κ1) is 16.5. The summed E-state index contributed by atoms with van der Waals surface area (Å²) in [5.41, 5.74) is -0.492. The van der Waals surface area contributed by atoms with E-state index in [1.807, 2.05) is 0 Å². The number of rotatable bonds is 2. The van der Waals surface area contributed by atoms with Crippen LogP contribution in [0, 0.1) is 0 Å². The van der Waals surface area contributed by atoms with Crippen molar-refractivity contribution in [2.24, 2.45) is 0 Å². The Morgan fingerprint density at radius 3 is 2.83 bits per heavy atom.